The maximum absolute atomic E-state index is 12.9. The van der Waals surface area contributed by atoms with Crippen molar-refractivity contribution in [3.05, 3.63) is 65.0 Å². The highest BCUT2D eigenvalue weighted by Crippen LogP contribution is 2.40. The van der Waals surface area contributed by atoms with Crippen LogP contribution in [0.2, 0.25) is 0 Å². The molecule has 0 radical (unpaired) electrons. The van der Waals surface area contributed by atoms with Crippen LogP contribution in [0, 0.1) is 11.3 Å². The standard InChI is InChI=1S/C23H20N2O4S/c1-27-20-13-16(15-24)7-8-19(20)29-23(26)21-14-18(17-5-3-2-4-6-17)22(30-21)25-9-11-28-12-10-25/h2-8,13-14H,9-12H2,1H3. The molecule has 7 heteroatoms. The fourth-order valence-electron chi connectivity index (χ4n) is 3.28. The van der Waals surface area contributed by atoms with Crippen molar-refractivity contribution in [1.82, 2.24) is 0 Å². The molecule has 0 aliphatic carbocycles. The minimum absolute atomic E-state index is 0.282. The summed E-state index contributed by atoms with van der Waals surface area (Å²) in [5, 5.41) is 10.1. The second-order valence-corrected chi connectivity index (χ2v) is 7.69. The van der Waals surface area contributed by atoms with Gasteiger partial charge in [-0.15, -0.1) is 11.3 Å². The number of esters is 1. The molecule has 0 atom stereocenters. The van der Waals surface area contributed by atoms with E-state index in [0.29, 0.717) is 29.4 Å². The summed E-state index contributed by atoms with van der Waals surface area (Å²) >= 11 is 1.41. The molecule has 3 aromatic rings. The van der Waals surface area contributed by atoms with Crippen LogP contribution in [-0.4, -0.2) is 39.4 Å². The second kappa shape index (κ2) is 8.99. The lowest BCUT2D eigenvalue weighted by Crippen LogP contribution is -2.35. The molecule has 0 bridgehead atoms. The Kier molecular flexibility index (Phi) is 5.98. The van der Waals surface area contributed by atoms with Gasteiger partial charge in [-0.2, -0.15) is 5.26 Å². The predicted octanol–water partition coefficient (Wildman–Crippen LogP) is 4.35. The monoisotopic (exact) mass is 420 g/mol. The SMILES string of the molecule is COc1cc(C#N)ccc1OC(=O)c1cc(-c2ccccc2)c(N2CCOCC2)s1. The Morgan fingerprint density at radius 2 is 1.87 bits per heavy atom. The van der Waals surface area contributed by atoms with Gasteiger partial charge in [0.25, 0.3) is 0 Å². The highest BCUT2D eigenvalue weighted by molar-refractivity contribution is 7.18. The van der Waals surface area contributed by atoms with Gasteiger partial charge in [0.15, 0.2) is 11.5 Å². The van der Waals surface area contributed by atoms with Gasteiger partial charge in [0.05, 0.1) is 37.0 Å². The van der Waals surface area contributed by atoms with E-state index in [1.165, 1.54) is 18.4 Å². The quantitative estimate of drug-likeness (QED) is 0.451. The molecule has 1 aliphatic rings. The number of thiophene rings is 1. The van der Waals surface area contributed by atoms with Gasteiger partial charge >= 0.3 is 5.97 Å². The van der Waals surface area contributed by atoms with Gasteiger partial charge in [-0.3, -0.25) is 0 Å². The molecule has 6 nitrogen and oxygen atoms in total. The second-order valence-electron chi connectivity index (χ2n) is 6.66. The van der Waals surface area contributed by atoms with Crippen molar-refractivity contribution >= 4 is 22.3 Å². The molecule has 1 saturated heterocycles. The number of nitriles is 1. The Hall–Kier alpha value is -3.34. The maximum atomic E-state index is 12.9. The highest BCUT2D eigenvalue weighted by atomic mass is 32.1. The Morgan fingerprint density at radius 3 is 2.57 bits per heavy atom. The number of morpholine rings is 1. The van der Waals surface area contributed by atoms with Crippen LogP contribution in [0.25, 0.3) is 11.1 Å². The lowest BCUT2D eigenvalue weighted by molar-refractivity contribution is 0.0735. The normalized spacial score (nSPS) is 13.5. The van der Waals surface area contributed by atoms with Gasteiger partial charge < -0.3 is 19.1 Å². The Bertz CT molecular complexity index is 1080. The van der Waals surface area contributed by atoms with E-state index in [-0.39, 0.29) is 5.75 Å². The van der Waals surface area contributed by atoms with Gasteiger partial charge in [0.1, 0.15) is 4.88 Å². The van der Waals surface area contributed by atoms with Crippen LogP contribution in [-0.2, 0) is 4.74 Å². The summed E-state index contributed by atoms with van der Waals surface area (Å²) in [4.78, 5) is 15.7. The minimum atomic E-state index is -0.459. The number of anilines is 1. The molecular formula is C23H20N2O4S. The lowest BCUT2D eigenvalue weighted by atomic mass is 10.1. The number of rotatable bonds is 5. The summed E-state index contributed by atoms with van der Waals surface area (Å²) in [6, 6.07) is 18.6. The zero-order chi connectivity index (χ0) is 20.9. The summed E-state index contributed by atoms with van der Waals surface area (Å²) < 4.78 is 16.4. The average molecular weight is 420 g/mol. The molecule has 4 rings (SSSR count). The third-order valence-electron chi connectivity index (χ3n) is 4.79. The topological polar surface area (TPSA) is 71.8 Å². The third kappa shape index (κ3) is 4.15. The van der Waals surface area contributed by atoms with Crippen LogP contribution in [0.3, 0.4) is 0 Å². The lowest BCUT2D eigenvalue weighted by Gasteiger charge is -2.28. The fraction of sp³-hybridized carbons (Fsp3) is 0.217. The summed E-state index contributed by atoms with van der Waals surface area (Å²) in [5.41, 5.74) is 2.48. The molecular weight excluding hydrogens is 400 g/mol. The number of carbonyl (C=O) groups excluding carboxylic acids is 1. The Labute approximate surface area is 178 Å². The summed E-state index contributed by atoms with van der Waals surface area (Å²) in [6.07, 6.45) is 0. The predicted molar refractivity (Wildman–Crippen MR) is 115 cm³/mol. The molecule has 1 aromatic heterocycles. The molecule has 2 heterocycles. The van der Waals surface area contributed by atoms with Gasteiger partial charge in [-0.1, -0.05) is 30.3 Å². The molecule has 1 fully saturated rings. The molecule has 30 heavy (non-hydrogen) atoms. The molecule has 0 saturated carbocycles. The highest BCUT2D eigenvalue weighted by Gasteiger charge is 2.23. The van der Waals surface area contributed by atoms with Crippen molar-refractivity contribution in [2.75, 3.05) is 38.3 Å². The van der Waals surface area contributed by atoms with E-state index in [0.717, 1.165) is 29.2 Å². The van der Waals surface area contributed by atoms with E-state index in [2.05, 4.69) is 4.90 Å². The first-order valence-corrected chi connectivity index (χ1v) is 10.3. The molecule has 152 valence electrons. The zero-order valence-corrected chi connectivity index (χ0v) is 17.3. The average Bonchev–Trinajstić information content (AvgIpc) is 3.26. The Morgan fingerprint density at radius 1 is 1.10 bits per heavy atom. The fourth-order valence-corrected chi connectivity index (χ4v) is 4.39. The van der Waals surface area contributed by atoms with Gasteiger partial charge in [0.2, 0.25) is 0 Å². The van der Waals surface area contributed by atoms with Crippen molar-refractivity contribution < 1.29 is 19.0 Å². The largest absolute Gasteiger partial charge is 0.493 e. The van der Waals surface area contributed by atoms with Gasteiger partial charge in [-0.25, -0.2) is 4.79 Å². The van der Waals surface area contributed by atoms with Crippen LogP contribution in [0.4, 0.5) is 5.00 Å². The zero-order valence-electron chi connectivity index (χ0n) is 16.5. The number of ether oxygens (including phenoxy) is 3. The summed E-state index contributed by atoms with van der Waals surface area (Å²) in [6.45, 7) is 2.87. The number of carbonyl (C=O) groups is 1. The van der Waals surface area contributed by atoms with Crippen molar-refractivity contribution in [3.63, 3.8) is 0 Å². The van der Waals surface area contributed by atoms with Crippen LogP contribution in [0.1, 0.15) is 15.2 Å². The van der Waals surface area contributed by atoms with E-state index < -0.39 is 5.97 Å². The molecule has 0 unspecified atom stereocenters. The van der Waals surface area contributed by atoms with Crippen LogP contribution in [0.5, 0.6) is 11.5 Å². The van der Waals surface area contributed by atoms with Crippen LogP contribution < -0.4 is 14.4 Å². The number of hydrogen-bond acceptors (Lipinski definition) is 7. The maximum Gasteiger partial charge on any atom is 0.353 e. The van der Waals surface area contributed by atoms with Crippen molar-refractivity contribution in [1.29, 1.82) is 5.26 Å². The van der Waals surface area contributed by atoms with E-state index in [9.17, 15) is 4.79 Å². The first-order chi connectivity index (χ1) is 14.7. The number of methoxy groups -OCH3 is 1. The van der Waals surface area contributed by atoms with Crippen molar-refractivity contribution in [3.8, 4) is 28.7 Å². The van der Waals surface area contributed by atoms with Crippen LogP contribution in [0.15, 0.2) is 54.6 Å². The smallest absolute Gasteiger partial charge is 0.353 e. The molecule has 0 spiro atoms. The minimum Gasteiger partial charge on any atom is -0.493 e. The number of hydrogen-bond donors (Lipinski definition) is 0. The molecule has 1 aliphatic heterocycles. The van der Waals surface area contributed by atoms with E-state index in [1.54, 1.807) is 18.2 Å². The van der Waals surface area contributed by atoms with Crippen molar-refractivity contribution in [2.24, 2.45) is 0 Å². The van der Waals surface area contributed by atoms with Gasteiger partial charge in [0, 0.05) is 24.7 Å². The summed E-state index contributed by atoms with van der Waals surface area (Å²) in [7, 11) is 1.48. The third-order valence-corrected chi connectivity index (χ3v) is 5.97. The Balaban J connectivity index is 1.66. The van der Waals surface area contributed by atoms with Crippen molar-refractivity contribution in [2.45, 2.75) is 0 Å². The molecule has 0 N–H and O–H groups in total. The van der Waals surface area contributed by atoms with E-state index in [4.69, 9.17) is 19.5 Å². The van der Waals surface area contributed by atoms with E-state index in [1.807, 2.05) is 42.5 Å². The summed E-state index contributed by atoms with van der Waals surface area (Å²) in [5.74, 6) is 0.166. The molecule has 0 amide bonds. The van der Waals surface area contributed by atoms with Gasteiger partial charge in [-0.05, 0) is 23.8 Å². The first-order valence-electron chi connectivity index (χ1n) is 9.52. The van der Waals surface area contributed by atoms with E-state index >= 15 is 0 Å². The molecule has 2 aromatic carbocycles. The number of nitrogens with zero attached hydrogens (tertiary/aromatic N) is 2. The van der Waals surface area contributed by atoms with Crippen LogP contribution >= 0.6 is 11.3 Å². The first kappa shape index (κ1) is 20.0. The number of benzene rings is 2.